The van der Waals surface area contributed by atoms with Crippen LogP contribution in [-0.4, -0.2) is 22.9 Å². The highest BCUT2D eigenvalue weighted by Gasteiger charge is 2.14. The van der Waals surface area contributed by atoms with E-state index in [1.807, 2.05) is 12.1 Å². The van der Waals surface area contributed by atoms with Crippen molar-refractivity contribution in [2.24, 2.45) is 0 Å². The lowest BCUT2D eigenvalue weighted by atomic mass is 10.1. The number of carbonyl (C=O) groups excluding carboxylic acids is 1. The van der Waals surface area contributed by atoms with Gasteiger partial charge in [0.2, 0.25) is 0 Å². The summed E-state index contributed by atoms with van der Waals surface area (Å²) in [5, 5.41) is 0. The van der Waals surface area contributed by atoms with Crippen molar-refractivity contribution in [2.75, 3.05) is 7.11 Å². The van der Waals surface area contributed by atoms with Gasteiger partial charge in [-0.2, -0.15) is 0 Å². The molecule has 0 fully saturated rings. The summed E-state index contributed by atoms with van der Waals surface area (Å²) in [6, 6.07) is 5.80. The highest BCUT2D eigenvalue weighted by atomic mass is 127. The standard InChI is InChI=1S/C12H8BrIN2O2/c1-18-12-15-5-7(6-16-12)11(17)9-4-8(13)2-3-10(9)14/h2-6H,1H3. The molecule has 0 saturated carbocycles. The molecule has 0 atom stereocenters. The van der Waals surface area contributed by atoms with E-state index in [2.05, 4.69) is 48.5 Å². The van der Waals surface area contributed by atoms with E-state index in [9.17, 15) is 4.79 Å². The van der Waals surface area contributed by atoms with Crippen LogP contribution in [0.5, 0.6) is 6.01 Å². The maximum absolute atomic E-state index is 12.3. The molecule has 18 heavy (non-hydrogen) atoms. The number of ether oxygens (including phenoxy) is 1. The summed E-state index contributed by atoms with van der Waals surface area (Å²) in [7, 11) is 1.48. The number of rotatable bonds is 3. The molecule has 2 rings (SSSR count). The lowest BCUT2D eigenvalue weighted by molar-refractivity contribution is 0.103. The number of carbonyl (C=O) groups is 1. The molecule has 92 valence electrons. The third-order valence-corrected chi connectivity index (χ3v) is 3.68. The first-order chi connectivity index (χ1) is 8.61. The van der Waals surface area contributed by atoms with Crippen LogP contribution in [0.15, 0.2) is 35.1 Å². The Balaban J connectivity index is 2.38. The second-order valence-electron chi connectivity index (χ2n) is 3.41. The molecule has 0 N–H and O–H groups in total. The number of benzene rings is 1. The van der Waals surface area contributed by atoms with Gasteiger partial charge >= 0.3 is 6.01 Å². The van der Waals surface area contributed by atoms with Crippen molar-refractivity contribution in [3.8, 4) is 6.01 Å². The molecule has 0 amide bonds. The number of aromatic nitrogens is 2. The Morgan fingerprint density at radius 1 is 1.33 bits per heavy atom. The summed E-state index contributed by atoms with van der Waals surface area (Å²) >= 11 is 5.48. The molecule has 1 heterocycles. The van der Waals surface area contributed by atoms with Crippen molar-refractivity contribution < 1.29 is 9.53 Å². The number of hydrogen-bond acceptors (Lipinski definition) is 4. The van der Waals surface area contributed by atoms with Gasteiger partial charge in [-0.3, -0.25) is 4.79 Å². The molecule has 4 nitrogen and oxygen atoms in total. The van der Waals surface area contributed by atoms with Crippen LogP contribution in [0.25, 0.3) is 0 Å². The van der Waals surface area contributed by atoms with Crippen LogP contribution < -0.4 is 4.74 Å². The van der Waals surface area contributed by atoms with Gasteiger partial charge in [0.15, 0.2) is 5.78 Å². The van der Waals surface area contributed by atoms with E-state index in [4.69, 9.17) is 4.74 Å². The summed E-state index contributed by atoms with van der Waals surface area (Å²) in [5.74, 6) is -0.108. The first-order valence-corrected chi connectivity index (χ1v) is 6.85. The summed E-state index contributed by atoms with van der Waals surface area (Å²) < 4.78 is 6.60. The summed E-state index contributed by atoms with van der Waals surface area (Å²) in [6.45, 7) is 0. The van der Waals surface area contributed by atoms with E-state index in [1.54, 1.807) is 6.07 Å². The molecular formula is C12H8BrIN2O2. The van der Waals surface area contributed by atoms with Crippen molar-refractivity contribution in [1.82, 2.24) is 9.97 Å². The molecule has 0 aliphatic rings. The SMILES string of the molecule is COc1ncc(C(=O)c2cc(Br)ccc2I)cn1. The van der Waals surface area contributed by atoms with Crippen molar-refractivity contribution in [1.29, 1.82) is 0 Å². The van der Waals surface area contributed by atoms with Crippen molar-refractivity contribution in [3.05, 3.63) is 49.8 Å². The fourth-order valence-electron chi connectivity index (χ4n) is 1.37. The smallest absolute Gasteiger partial charge is 0.316 e. The quantitative estimate of drug-likeness (QED) is 0.567. The molecule has 0 saturated heterocycles. The zero-order valence-corrected chi connectivity index (χ0v) is 13.1. The van der Waals surface area contributed by atoms with E-state index in [1.165, 1.54) is 19.5 Å². The van der Waals surface area contributed by atoms with Crippen LogP contribution in [0.2, 0.25) is 0 Å². The maximum Gasteiger partial charge on any atom is 0.316 e. The third-order valence-electron chi connectivity index (χ3n) is 2.25. The third kappa shape index (κ3) is 2.86. The lowest BCUT2D eigenvalue weighted by Gasteiger charge is -2.04. The molecule has 0 unspecified atom stereocenters. The molecule has 0 aliphatic heterocycles. The average Bonchev–Trinajstić information content (AvgIpc) is 2.41. The van der Waals surface area contributed by atoms with Crippen LogP contribution in [0.4, 0.5) is 0 Å². The lowest BCUT2D eigenvalue weighted by Crippen LogP contribution is -2.05. The largest absolute Gasteiger partial charge is 0.467 e. The fourth-order valence-corrected chi connectivity index (χ4v) is 2.31. The molecule has 0 spiro atoms. The molecule has 0 aliphatic carbocycles. The Bertz CT molecular complexity index is 587. The van der Waals surface area contributed by atoms with Gasteiger partial charge in [-0.05, 0) is 40.8 Å². The normalized spacial score (nSPS) is 10.2. The van der Waals surface area contributed by atoms with Crippen LogP contribution in [0, 0.1) is 3.57 Å². The second kappa shape index (κ2) is 5.75. The summed E-state index contributed by atoms with van der Waals surface area (Å²) in [4.78, 5) is 20.1. The Labute approximate surface area is 126 Å². The van der Waals surface area contributed by atoms with Crippen LogP contribution >= 0.6 is 38.5 Å². The Morgan fingerprint density at radius 2 is 2.00 bits per heavy atom. The zero-order valence-electron chi connectivity index (χ0n) is 9.35. The zero-order chi connectivity index (χ0) is 13.1. The van der Waals surface area contributed by atoms with Gasteiger partial charge in [0.25, 0.3) is 0 Å². The van der Waals surface area contributed by atoms with Crippen LogP contribution in [0.3, 0.4) is 0 Å². The number of ketones is 1. The molecule has 6 heteroatoms. The van der Waals surface area contributed by atoms with E-state index in [-0.39, 0.29) is 11.8 Å². The molecule has 1 aromatic heterocycles. The molecule has 0 radical (unpaired) electrons. The Kier molecular flexibility index (Phi) is 4.28. The number of halogens is 2. The molecule has 0 bridgehead atoms. The first kappa shape index (κ1) is 13.4. The van der Waals surface area contributed by atoms with Crippen molar-refractivity contribution in [2.45, 2.75) is 0 Å². The topological polar surface area (TPSA) is 52.1 Å². The fraction of sp³-hybridized carbons (Fsp3) is 0.0833. The minimum absolute atomic E-state index is 0.108. The number of methoxy groups -OCH3 is 1. The predicted octanol–water partition coefficient (Wildman–Crippen LogP) is 3.08. The molecule has 1 aromatic carbocycles. The summed E-state index contributed by atoms with van der Waals surface area (Å²) in [6.07, 6.45) is 2.93. The first-order valence-electron chi connectivity index (χ1n) is 4.97. The summed E-state index contributed by atoms with van der Waals surface area (Å²) in [5.41, 5.74) is 1.06. The van der Waals surface area contributed by atoms with Gasteiger partial charge in [0.05, 0.1) is 12.7 Å². The van der Waals surface area contributed by atoms with Gasteiger partial charge in [0, 0.05) is 26.0 Å². The van der Waals surface area contributed by atoms with Crippen molar-refractivity contribution in [3.63, 3.8) is 0 Å². The maximum atomic E-state index is 12.3. The average molecular weight is 419 g/mol. The second-order valence-corrected chi connectivity index (χ2v) is 5.49. The Hall–Kier alpha value is -1.02. The van der Waals surface area contributed by atoms with Crippen LogP contribution in [0.1, 0.15) is 15.9 Å². The Morgan fingerprint density at radius 3 is 2.61 bits per heavy atom. The van der Waals surface area contributed by atoms with E-state index >= 15 is 0 Å². The van der Waals surface area contributed by atoms with E-state index in [0.717, 1.165) is 8.04 Å². The predicted molar refractivity (Wildman–Crippen MR) is 78.9 cm³/mol. The highest BCUT2D eigenvalue weighted by molar-refractivity contribution is 14.1. The van der Waals surface area contributed by atoms with Gasteiger partial charge in [-0.25, -0.2) is 9.97 Å². The minimum atomic E-state index is -0.108. The van der Waals surface area contributed by atoms with Crippen LogP contribution in [-0.2, 0) is 0 Å². The monoisotopic (exact) mass is 418 g/mol. The molecular weight excluding hydrogens is 411 g/mol. The van der Waals surface area contributed by atoms with Gasteiger partial charge in [-0.15, -0.1) is 0 Å². The number of nitrogens with zero attached hydrogens (tertiary/aromatic N) is 2. The van der Waals surface area contributed by atoms with Gasteiger partial charge < -0.3 is 4.74 Å². The highest BCUT2D eigenvalue weighted by Crippen LogP contribution is 2.21. The van der Waals surface area contributed by atoms with Gasteiger partial charge in [-0.1, -0.05) is 15.9 Å². The minimum Gasteiger partial charge on any atom is -0.467 e. The van der Waals surface area contributed by atoms with Crippen molar-refractivity contribution >= 4 is 44.3 Å². The molecule has 2 aromatic rings. The van der Waals surface area contributed by atoms with Gasteiger partial charge in [0.1, 0.15) is 0 Å². The van der Waals surface area contributed by atoms with E-state index in [0.29, 0.717) is 11.1 Å². The van der Waals surface area contributed by atoms with E-state index < -0.39 is 0 Å². The number of hydrogen-bond donors (Lipinski definition) is 0.